The molecule has 0 radical (unpaired) electrons. The van der Waals surface area contributed by atoms with E-state index in [1.165, 1.54) is 6.07 Å². The fourth-order valence-corrected chi connectivity index (χ4v) is 3.67. The minimum Gasteiger partial charge on any atom is -0.452 e. The molecular weight excluding hydrogens is 345 g/mol. The van der Waals surface area contributed by atoms with E-state index in [-0.39, 0.29) is 5.91 Å². The number of hydrogen-bond donors (Lipinski definition) is 1. The lowest BCUT2D eigenvalue weighted by atomic mass is 9.78. The molecule has 142 valence electrons. The van der Waals surface area contributed by atoms with Gasteiger partial charge in [0.1, 0.15) is 5.82 Å². The Morgan fingerprint density at radius 2 is 1.70 bits per heavy atom. The normalized spacial score (nSPS) is 16.5. The molecule has 3 rings (SSSR count). The number of carbonyl (C=O) groups excluding carboxylic acids is 2. The highest BCUT2D eigenvalue weighted by atomic mass is 19.1. The lowest BCUT2D eigenvalue weighted by molar-refractivity contribution is -0.160. The molecular formula is C22H24FNO3. The van der Waals surface area contributed by atoms with Crippen LogP contribution in [-0.4, -0.2) is 18.0 Å². The number of ether oxygens (including phenoxy) is 1. The number of esters is 1. The van der Waals surface area contributed by atoms with Crippen molar-refractivity contribution in [1.82, 2.24) is 5.32 Å². The number of amides is 1. The van der Waals surface area contributed by atoms with Crippen molar-refractivity contribution in [3.63, 3.8) is 0 Å². The largest absolute Gasteiger partial charge is 0.452 e. The van der Waals surface area contributed by atoms with Crippen LogP contribution in [0, 0.1) is 5.82 Å². The molecule has 0 bridgehead atoms. The Morgan fingerprint density at radius 3 is 2.37 bits per heavy atom. The van der Waals surface area contributed by atoms with Crippen LogP contribution in [0.15, 0.2) is 54.6 Å². The van der Waals surface area contributed by atoms with E-state index in [2.05, 4.69) is 5.32 Å². The third kappa shape index (κ3) is 4.18. The van der Waals surface area contributed by atoms with Crippen molar-refractivity contribution in [1.29, 1.82) is 0 Å². The summed E-state index contributed by atoms with van der Waals surface area (Å²) in [4.78, 5) is 25.3. The first kappa shape index (κ1) is 19.1. The summed E-state index contributed by atoms with van der Waals surface area (Å²) >= 11 is 0. The van der Waals surface area contributed by atoms with Gasteiger partial charge in [0.2, 0.25) is 0 Å². The summed E-state index contributed by atoms with van der Waals surface area (Å²) in [5.74, 6) is -1.29. The second kappa shape index (κ2) is 8.33. The second-order valence-corrected chi connectivity index (χ2v) is 7.02. The van der Waals surface area contributed by atoms with Crippen molar-refractivity contribution >= 4 is 11.9 Å². The van der Waals surface area contributed by atoms with Crippen molar-refractivity contribution in [3.8, 4) is 0 Å². The zero-order valence-corrected chi connectivity index (χ0v) is 15.4. The highest BCUT2D eigenvalue weighted by Crippen LogP contribution is 2.43. The van der Waals surface area contributed by atoms with Crippen LogP contribution in [-0.2, 0) is 26.3 Å². The first-order valence-corrected chi connectivity index (χ1v) is 9.31. The molecule has 0 spiro atoms. The summed E-state index contributed by atoms with van der Waals surface area (Å²) in [6.45, 7) is 1.91. The molecule has 1 fully saturated rings. The minimum atomic E-state index is -1.00. The Balaban J connectivity index is 1.67. The van der Waals surface area contributed by atoms with Gasteiger partial charge in [-0.3, -0.25) is 9.59 Å². The quantitative estimate of drug-likeness (QED) is 0.786. The lowest BCUT2D eigenvalue weighted by Crippen LogP contribution is -2.42. The van der Waals surface area contributed by atoms with Crippen LogP contribution in [0.2, 0.25) is 0 Å². The average molecular weight is 369 g/mol. The monoisotopic (exact) mass is 369 g/mol. The van der Waals surface area contributed by atoms with E-state index in [1.807, 2.05) is 30.3 Å². The zero-order valence-electron chi connectivity index (χ0n) is 15.4. The number of benzene rings is 2. The van der Waals surface area contributed by atoms with Gasteiger partial charge in [-0.1, -0.05) is 61.4 Å². The maximum Gasteiger partial charge on any atom is 0.317 e. The lowest BCUT2D eigenvalue weighted by Gasteiger charge is -2.29. The summed E-state index contributed by atoms with van der Waals surface area (Å²) in [6, 6.07) is 15.8. The number of nitrogens with one attached hydrogen (secondary N) is 1. The molecule has 1 atom stereocenters. The van der Waals surface area contributed by atoms with E-state index >= 15 is 0 Å². The zero-order chi connectivity index (χ0) is 19.3. The van der Waals surface area contributed by atoms with Gasteiger partial charge in [0.05, 0.1) is 5.41 Å². The molecule has 1 aliphatic rings. The van der Waals surface area contributed by atoms with Crippen LogP contribution >= 0.6 is 0 Å². The highest BCUT2D eigenvalue weighted by molar-refractivity contribution is 5.88. The number of hydrogen-bond acceptors (Lipinski definition) is 3. The molecule has 0 unspecified atom stereocenters. The van der Waals surface area contributed by atoms with E-state index in [0.29, 0.717) is 24.9 Å². The highest BCUT2D eigenvalue weighted by Gasteiger charge is 2.46. The Morgan fingerprint density at radius 1 is 1.07 bits per heavy atom. The maximum atomic E-state index is 14.4. The third-order valence-corrected chi connectivity index (χ3v) is 5.20. The van der Waals surface area contributed by atoms with Crippen molar-refractivity contribution < 1.29 is 18.7 Å². The van der Waals surface area contributed by atoms with Crippen LogP contribution in [0.25, 0.3) is 0 Å². The van der Waals surface area contributed by atoms with Crippen LogP contribution in [0.1, 0.15) is 43.7 Å². The molecule has 0 saturated heterocycles. The summed E-state index contributed by atoms with van der Waals surface area (Å²) in [5, 5.41) is 2.77. The number of rotatable bonds is 6. The predicted molar refractivity (Wildman–Crippen MR) is 100 cm³/mol. The van der Waals surface area contributed by atoms with E-state index < -0.39 is 23.3 Å². The van der Waals surface area contributed by atoms with Gasteiger partial charge in [-0.15, -0.1) is 0 Å². The first-order chi connectivity index (χ1) is 13.0. The smallest absolute Gasteiger partial charge is 0.317 e. The van der Waals surface area contributed by atoms with Gasteiger partial charge < -0.3 is 10.1 Å². The molecule has 2 aromatic carbocycles. The first-order valence-electron chi connectivity index (χ1n) is 9.31. The van der Waals surface area contributed by atoms with E-state index in [4.69, 9.17) is 4.74 Å². The van der Waals surface area contributed by atoms with E-state index in [0.717, 1.165) is 18.4 Å². The van der Waals surface area contributed by atoms with Crippen molar-refractivity contribution in [3.05, 3.63) is 71.5 Å². The van der Waals surface area contributed by atoms with Gasteiger partial charge in [0.15, 0.2) is 6.10 Å². The molecule has 0 aliphatic heterocycles. The second-order valence-electron chi connectivity index (χ2n) is 7.02. The van der Waals surface area contributed by atoms with Gasteiger partial charge in [0, 0.05) is 12.1 Å². The van der Waals surface area contributed by atoms with Gasteiger partial charge in [-0.05, 0) is 31.4 Å². The molecule has 1 amide bonds. The maximum absolute atomic E-state index is 14.4. The van der Waals surface area contributed by atoms with Crippen LogP contribution < -0.4 is 5.32 Å². The Hall–Kier alpha value is -2.69. The van der Waals surface area contributed by atoms with Crippen molar-refractivity contribution in [2.45, 2.75) is 50.7 Å². The Kier molecular flexibility index (Phi) is 5.89. The molecule has 2 aromatic rings. The SMILES string of the molecule is C[C@@H](OC(=O)C1(c2ccccc2F)CCCC1)C(=O)NCc1ccccc1. The Bertz CT molecular complexity index is 800. The average Bonchev–Trinajstić information content (AvgIpc) is 3.18. The standard InChI is InChI=1S/C22H24FNO3/c1-16(20(25)24-15-17-9-3-2-4-10-17)27-21(26)22(13-7-8-14-22)18-11-5-6-12-19(18)23/h2-6,9-12,16H,7-8,13-15H2,1H3,(H,24,25)/t16-/m1/s1. The van der Waals surface area contributed by atoms with E-state index in [1.54, 1.807) is 25.1 Å². The molecule has 27 heavy (non-hydrogen) atoms. The summed E-state index contributed by atoms with van der Waals surface area (Å²) in [7, 11) is 0. The Labute approximate surface area is 158 Å². The third-order valence-electron chi connectivity index (χ3n) is 5.20. The van der Waals surface area contributed by atoms with Gasteiger partial charge >= 0.3 is 5.97 Å². The molecule has 0 aromatic heterocycles. The summed E-state index contributed by atoms with van der Waals surface area (Å²) < 4.78 is 19.8. The fraction of sp³-hybridized carbons (Fsp3) is 0.364. The fourth-order valence-electron chi connectivity index (χ4n) is 3.67. The molecule has 5 heteroatoms. The van der Waals surface area contributed by atoms with Crippen LogP contribution in [0.5, 0.6) is 0 Å². The van der Waals surface area contributed by atoms with Crippen LogP contribution in [0.4, 0.5) is 4.39 Å². The number of carbonyl (C=O) groups is 2. The summed E-state index contributed by atoms with van der Waals surface area (Å²) in [6.07, 6.45) is 1.79. The van der Waals surface area contributed by atoms with Crippen LogP contribution in [0.3, 0.4) is 0 Å². The number of halogens is 1. The molecule has 0 heterocycles. The minimum absolute atomic E-state index is 0.361. The van der Waals surface area contributed by atoms with Gasteiger partial charge in [0.25, 0.3) is 5.91 Å². The van der Waals surface area contributed by atoms with E-state index in [9.17, 15) is 14.0 Å². The molecule has 1 N–H and O–H groups in total. The summed E-state index contributed by atoms with van der Waals surface area (Å²) in [5.41, 5.74) is 0.326. The molecule has 1 aliphatic carbocycles. The van der Waals surface area contributed by atoms with Gasteiger partial charge in [-0.2, -0.15) is 0 Å². The van der Waals surface area contributed by atoms with Gasteiger partial charge in [-0.25, -0.2) is 4.39 Å². The molecule has 1 saturated carbocycles. The van der Waals surface area contributed by atoms with Crippen molar-refractivity contribution in [2.24, 2.45) is 0 Å². The predicted octanol–water partition coefficient (Wildman–Crippen LogP) is 3.89. The topological polar surface area (TPSA) is 55.4 Å². The van der Waals surface area contributed by atoms with Crippen molar-refractivity contribution in [2.75, 3.05) is 0 Å². The molecule has 4 nitrogen and oxygen atoms in total.